The monoisotopic (exact) mass is 265 g/mol. The molecular weight excluding hydrogens is 255 g/mol. The minimum atomic E-state index is -4.53. The van der Waals surface area contributed by atoms with Crippen molar-refractivity contribution in [3.63, 3.8) is 0 Å². The molecule has 17 heavy (non-hydrogen) atoms. The number of alkyl halides is 3. The fraction of sp³-hybridized carbons (Fsp3) is 0.667. The quantitative estimate of drug-likeness (QED) is 0.768. The Balaban J connectivity index is 2.21. The average Bonchev–Trinajstić information content (AvgIpc) is 2.77. The van der Waals surface area contributed by atoms with Crippen LogP contribution in [-0.2, 0) is 11.0 Å². The molecule has 0 radical (unpaired) electrons. The van der Waals surface area contributed by atoms with E-state index in [1.807, 2.05) is 0 Å². The van der Waals surface area contributed by atoms with E-state index in [9.17, 15) is 18.0 Å². The number of aldehydes is 1. The van der Waals surface area contributed by atoms with E-state index in [2.05, 4.69) is 9.36 Å². The van der Waals surface area contributed by atoms with Crippen LogP contribution in [0.1, 0.15) is 25.1 Å². The van der Waals surface area contributed by atoms with Gasteiger partial charge in [-0.25, -0.2) is 0 Å². The number of piperidine rings is 1. The van der Waals surface area contributed by atoms with E-state index in [1.165, 1.54) is 0 Å². The Morgan fingerprint density at radius 3 is 2.76 bits per heavy atom. The van der Waals surface area contributed by atoms with Crippen LogP contribution >= 0.6 is 11.5 Å². The van der Waals surface area contributed by atoms with Gasteiger partial charge in [0.25, 0.3) is 0 Å². The van der Waals surface area contributed by atoms with Crippen molar-refractivity contribution in [1.29, 1.82) is 0 Å². The highest BCUT2D eigenvalue weighted by Gasteiger charge is 2.37. The Bertz CT molecular complexity index is 406. The third-order valence-electron chi connectivity index (χ3n) is 2.62. The fourth-order valence-electron chi connectivity index (χ4n) is 1.78. The van der Waals surface area contributed by atoms with Gasteiger partial charge in [-0.3, -0.25) is 0 Å². The number of carbonyl (C=O) groups is 1. The van der Waals surface area contributed by atoms with Crippen LogP contribution in [0.15, 0.2) is 0 Å². The maximum absolute atomic E-state index is 12.3. The summed E-state index contributed by atoms with van der Waals surface area (Å²) >= 11 is 0.688. The molecule has 1 saturated heterocycles. The molecule has 0 N–H and O–H groups in total. The zero-order valence-electron chi connectivity index (χ0n) is 8.78. The Kier molecular flexibility index (Phi) is 3.32. The van der Waals surface area contributed by atoms with Crippen LogP contribution in [0.4, 0.5) is 18.3 Å². The predicted molar refractivity (Wildman–Crippen MR) is 56.0 cm³/mol. The second-order valence-corrected chi connectivity index (χ2v) is 4.52. The van der Waals surface area contributed by atoms with Crippen LogP contribution in [0.5, 0.6) is 0 Å². The summed E-state index contributed by atoms with van der Waals surface area (Å²) in [5.74, 6) is -1.13. The average molecular weight is 265 g/mol. The lowest BCUT2D eigenvalue weighted by Crippen LogP contribution is -2.40. The first-order valence-corrected chi connectivity index (χ1v) is 5.92. The molecule has 0 saturated carbocycles. The second kappa shape index (κ2) is 4.59. The predicted octanol–water partition coefficient (Wildman–Crippen LogP) is 2.11. The lowest BCUT2D eigenvalue weighted by molar-refractivity contribution is -0.144. The topological polar surface area (TPSA) is 46.1 Å². The molecule has 1 aromatic rings. The first-order chi connectivity index (χ1) is 8.02. The minimum Gasteiger partial charge on any atom is -0.337 e. The fourth-order valence-corrected chi connectivity index (χ4v) is 2.55. The van der Waals surface area contributed by atoms with Crippen LogP contribution < -0.4 is 4.90 Å². The van der Waals surface area contributed by atoms with E-state index in [-0.39, 0.29) is 11.2 Å². The number of carbonyl (C=O) groups excluding carboxylic acids is 1. The Labute approximate surface area is 99.6 Å². The summed E-state index contributed by atoms with van der Waals surface area (Å²) in [4.78, 5) is 15.9. The molecule has 1 atom stereocenters. The Morgan fingerprint density at radius 1 is 1.41 bits per heavy atom. The van der Waals surface area contributed by atoms with Gasteiger partial charge < -0.3 is 9.69 Å². The van der Waals surface area contributed by atoms with Gasteiger partial charge in [-0.05, 0) is 19.3 Å². The number of hydrogen-bond acceptors (Lipinski definition) is 5. The van der Waals surface area contributed by atoms with E-state index in [0.29, 0.717) is 24.5 Å². The molecule has 4 nitrogen and oxygen atoms in total. The van der Waals surface area contributed by atoms with Gasteiger partial charge in [0.15, 0.2) is 0 Å². The maximum atomic E-state index is 12.3. The van der Waals surface area contributed by atoms with E-state index < -0.39 is 12.0 Å². The zero-order chi connectivity index (χ0) is 12.5. The molecule has 0 bridgehead atoms. The summed E-state index contributed by atoms with van der Waals surface area (Å²) in [6.45, 7) is 0.551. The summed E-state index contributed by atoms with van der Waals surface area (Å²) in [6.07, 6.45) is -1.35. The largest absolute Gasteiger partial charge is 0.452 e. The molecule has 2 heterocycles. The molecule has 0 spiro atoms. The van der Waals surface area contributed by atoms with Gasteiger partial charge in [-0.15, -0.1) is 0 Å². The third-order valence-corrected chi connectivity index (χ3v) is 3.37. The zero-order valence-corrected chi connectivity index (χ0v) is 9.59. The molecule has 1 aliphatic rings. The molecule has 0 amide bonds. The molecule has 94 valence electrons. The van der Waals surface area contributed by atoms with Crippen molar-refractivity contribution in [2.24, 2.45) is 0 Å². The van der Waals surface area contributed by atoms with Gasteiger partial charge in [0.2, 0.25) is 11.0 Å². The lowest BCUT2D eigenvalue weighted by Gasteiger charge is -2.31. The van der Waals surface area contributed by atoms with Crippen molar-refractivity contribution in [1.82, 2.24) is 9.36 Å². The van der Waals surface area contributed by atoms with Gasteiger partial charge >= 0.3 is 6.18 Å². The summed E-state index contributed by atoms with van der Waals surface area (Å²) < 4.78 is 40.3. The second-order valence-electron chi connectivity index (χ2n) is 3.79. The van der Waals surface area contributed by atoms with Crippen LogP contribution in [0.3, 0.4) is 0 Å². The number of hydrogen-bond donors (Lipinski definition) is 0. The molecule has 0 aromatic carbocycles. The van der Waals surface area contributed by atoms with E-state index >= 15 is 0 Å². The SMILES string of the molecule is O=CC1CCCCN1c1nc(C(F)(F)F)ns1. The van der Waals surface area contributed by atoms with Gasteiger partial charge in [0.1, 0.15) is 6.29 Å². The molecule has 1 unspecified atom stereocenters. The summed E-state index contributed by atoms with van der Waals surface area (Å²) in [5, 5.41) is 0.175. The molecular formula is C9H10F3N3OS. The maximum Gasteiger partial charge on any atom is 0.452 e. The van der Waals surface area contributed by atoms with Crippen LogP contribution in [-0.4, -0.2) is 28.2 Å². The lowest BCUT2D eigenvalue weighted by atomic mass is 10.0. The standard InChI is InChI=1S/C9H10F3N3OS/c10-9(11,12)7-13-8(17-14-7)15-4-2-1-3-6(15)5-16/h5-6H,1-4H2. The summed E-state index contributed by atoms with van der Waals surface area (Å²) in [7, 11) is 0. The third kappa shape index (κ3) is 2.56. The molecule has 2 rings (SSSR count). The first kappa shape index (κ1) is 12.3. The van der Waals surface area contributed by atoms with Gasteiger partial charge in [-0.2, -0.15) is 22.5 Å². The number of halogens is 3. The molecule has 0 aliphatic carbocycles. The van der Waals surface area contributed by atoms with Crippen LogP contribution in [0.25, 0.3) is 0 Å². The molecule has 8 heteroatoms. The number of nitrogens with zero attached hydrogens (tertiary/aromatic N) is 3. The number of anilines is 1. The van der Waals surface area contributed by atoms with E-state index in [1.54, 1.807) is 4.90 Å². The first-order valence-electron chi connectivity index (χ1n) is 5.15. The molecule has 1 fully saturated rings. The number of rotatable bonds is 2. The van der Waals surface area contributed by atoms with Gasteiger partial charge in [0.05, 0.1) is 6.04 Å². The highest BCUT2D eigenvalue weighted by Crippen LogP contribution is 2.32. The van der Waals surface area contributed by atoms with Gasteiger partial charge in [0, 0.05) is 18.1 Å². The van der Waals surface area contributed by atoms with E-state index in [4.69, 9.17) is 0 Å². The van der Waals surface area contributed by atoms with Crippen molar-refractivity contribution in [3.8, 4) is 0 Å². The van der Waals surface area contributed by atoms with Crippen molar-refractivity contribution >= 4 is 23.0 Å². The summed E-state index contributed by atoms with van der Waals surface area (Å²) in [6, 6.07) is -0.377. The number of aromatic nitrogens is 2. The van der Waals surface area contributed by atoms with Crippen molar-refractivity contribution in [2.75, 3.05) is 11.4 Å². The highest BCUT2D eigenvalue weighted by molar-refractivity contribution is 7.09. The molecule has 1 aromatic heterocycles. The molecule has 1 aliphatic heterocycles. The Hall–Kier alpha value is -1.18. The van der Waals surface area contributed by atoms with Crippen molar-refractivity contribution in [2.45, 2.75) is 31.5 Å². The van der Waals surface area contributed by atoms with Crippen LogP contribution in [0.2, 0.25) is 0 Å². The van der Waals surface area contributed by atoms with E-state index in [0.717, 1.165) is 19.1 Å². The van der Waals surface area contributed by atoms with Gasteiger partial charge in [-0.1, -0.05) is 0 Å². The van der Waals surface area contributed by atoms with Crippen LogP contribution in [0, 0.1) is 0 Å². The van der Waals surface area contributed by atoms with Crippen molar-refractivity contribution < 1.29 is 18.0 Å². The highest BCUT2D eigenvalue weighted by atomic mass is 32.1. The smallest absolute Gasteiger partial charge is 0.337 e. The van der Waals surface area contributed by atoms with Crippen molar-refractivity contribution in [3.05, 3.63) is 5.82 Å². The summed E-state index contributed by atoms with van der Waals surface area (Å²) in [5.41, 5.74) is 0. The Morgan fingerprint density at radius 2 is 2.18 bits per heavy atom. The normalized spacial score (nSPS) is 21.6. The minimum absolute atomic E-state index is 0.175.